The lowest BCUT2D eigenvalue weighted by atomic mass is 9.98. The minimum Gasteiger partial charge on any atom is -0.480 e. The number of aliphatic carboxylic acids is 1. The molecule has 1 unspecified atom stereocenters. The van der Waals surface area contributed by atoms with Crippen LogP contribution in [0.25, 0.3) is 0 Å². The predicted octanol–water partition coefficient (Wildman–Crippen LogP) is 2.52. The van der Waals surface area contributed by atoms with Crippen molar-refractivity contribution in [2.24, 2.45) is 5.92 Å². The second kappa shape index (κ2) is 7.31. The summed E-state index contributed by atoms with van der Waals surface area (Å²) in [5, 5.41) is 20.8. The van der Waals surface area contributed by atoms with Crippen LogP contribution in [-0.2, 0) is 4.79 Å². The molecule has 0 spiro atoms. The van der Waals surface area contributed by atoms with Gasteiger partial charge in [-0.05, 0) is 43.7 Å². The van der Waals surface area contributed by atoms with Crippen molar-refractivity contribution in [1.29, 1.82) is 0 Å². The Morgan fingerprint density at radius 2 is 1.88 bits per heavy atom. The number of carbonyl (C=O) groups is 2. The van der Waals surface area contributed by atoms with Gasteiger partial charge in [-0.1, -0.05) is 6.92 Å². The lowest BCUT2D eigenvalue weighted by molar-refractivity contribution is -0.384. The summed E-state index contributed by atoms with van der Waals surface area (Å²) in [5.41, 5.74) is 0.588. The highest BCUT2D eigenvalue weighted by Gasteiger charge is 2.35. The van der Waals surface area contributed by atoms with Crippen LogP contribution in [0.4, 0.5) is 11.4 Å². The van der Waals surface area contributed by atoms with E-state index in [1.807, 2.05) is 4.90 Å². The molecule has 3 rings (SSSR count). The maximum atomic E-state index is 12.7. The molecule has 0 saturated carbocycles. The van der Waals surface area contributed by atoms with Crippen LogP contribution >= 0.6 is 0 Å². The van der Waals surface area contributed by atoms with Crippen LogP contribution < -0.4 is 4.90 Å². The highest BCUT2D eigenvalue weighted by Crippen LogP contribution is 2.33. The van der Waals surface area contributed by atoms with E-state index in [1.165, 1.54) is 11.0 Å². The number of hydrogen-bond donors (Lipinski definition) is 1. The molecule has 1 atom stereocenters. The third kappa shape index (κ3) is 3.49. The molecule has 2 saturated heterocycles. The number of rotatable bonds is 4. The van der Waals surface area contributed by atoms with Crippen LogP contribution in [0.5, 0.6) is 0 Å². The van der Waals surface area contributed by atoms with E-state index in [1.54, 1.807) is 12.1 Å². The van der Waals surface area contributed by atoms with Gasteiger partial charge < -0.3 is 14.9 Å². The van der Waals surface area contributed by atoms with E-state index < -0.39 is 22.8 Å². The van der Waals surface area contributed by atoms with Gasteiger partial charge in [-0.25, -0.2) is 4.79 Å². The van der Waals surface area contributed by atoms with E-state index in [2.05, 4.69) is 6.92 Å². The van der Waals surface area contributed by atoms with E-state index in [0.29, 0.717) is 31.0 Å². The van der Waals surface area contributed by atoms with Gasteiger partial charge >= 0.3 is 5.97 Å². The molecule has 2 aliphatic rings. The largest absolute Gasteiger partial charge is 0.480 e. The Bertz CT molecular complexity index is 728. The van der Waals surface area contributed by atoms with Crippen molar-refractivity contribution in [2.75, 3.05) is 24.5 Å². The number of nitro groups is 1. The van der Waals surface area contributed by atoms with Gasteiger partial charge in [-0.15, -0.1) is 0 Å². The number of nitro benzene ring substituents is 1. The molecule has 1 N–H and O–H groups in total. The van der Waals surface area contributed by atoms with Crippen LogP contribution in [0.3, 0.4) is 0 Å². The van der Waals surface area contributed by atoms with Crippen LogP contribution in [0.1, 0.15) is 43.0 Å². The molecule has 2 fully saturated rings. The average Bonchev–Trinajstić information content (AvgIpc) is 3.11. The molecule has 140 valence electrons. The number of nitrogens with zero attached hydrogens (tertiary/aromatic N) is 3. The van der Waals surface area contributed by atoms with Gasteiger partial charge in [0.25, 0.3) is 11.6 Å². The van der Waals surface area contributed by atoms with Gasteiger partial charge in [0.15, 0.2) is 0 Å². The minimum atomic E-state index is -1.04. The molecule has 8 heteroatoms. The van der Waals surface area contributed by atoms with Crippen LogP contribution in [0.2, 0.25) is 0 Å². The molecular weight excluding hydrogens is 338 g/mol. The molecular formula is C18H23N3O5. The van der Waals surface area contributed by atoms with Gasteiger partial charge in [0.2, 0.25) is 0 Å². The summed E-state index contributed by atoms with van der Waals surface area (Å²) in [7, 11) is 0. The summed E-state index contributed by atoms with van der Waals surface area (Å²) in [6, 6.07) is 3.62. The predicted molar refractivity (Wildman–Crippen MR) is 95.4 cm³/mol. The number of likely N-dealkylation sites (tertiary alicyclic amines) is 1. The van der Waals surface area contributed by atoms with Gasteiger partial charge in [0, 0.05) is 31.3 Å². The van der Waals surface area contributed by atoms with Crippen molar-refractivity contribution in [2.45, 2.75) is 38.6 Å². The third-order valence-electron chi connectivity index (χ3n) is 5.34. The van der Waals surface area contributed by atoms with E-state index >= 15 is 0 Å². The number of carboxylic acid groups (broad SMARTS) is 1. The van der Waals surface area contributed by atoms with Crippen molar-refractivity contribution >= 4 is 23.3 Å². The fraction of sp³-hybridized carbons (Fsp3) is 0.556. The van der Waals surface area contributed by atoms with Gasteiger partial charge in [-0.3, -0.25) is 14.9 Å². The SMILES string of the molecule is CC1CCN(c2ccc(C(=O)N3CCCC3C(=O)O)cc2[N+](=O)[O-])CC1. The number of carbonyl (C=O) groups excluding carboxylic acids is 1. The van der Waals surface area contributed by atoms with E-state index in [4.69, 9.17) is 0 Å². The average molecular weight is 361 g/mol. The zero-order valence-electron chi connectivity index (χ0n) is 14.8. The third-order valence-corrected chi connectivity index (χ3v) is 5.34. The fourth-order valence-corrected chi connectivity index (χ4v) is 3.75. The summed E-state index contributed by atoms with van der Waals surface area (Å²) in [6.45, 7) is 4.03. The minimum absolute atomic E-state index is 0.100. The maximum Gasteiger partial charge on any atom is 0.326 e. The van der Waals surface area contributed by atoms with Crippen molar-refractivity contribution < 1.29 is 19.6 Å². The molecule has 0 aromatic heterocycles. The molecule has 0 radical (unpaired) electrons. The van der Waals surface area contributed by atoms with Gasteiger partial charge in [0.1, 0.15) is 11.7 Å². The van der Waals surface area contributed by atoms with Crippen molar-refractivity contribution in [3.63, 3.8) is 0 Å². The molecule has 2 aliphatic heterocycles. The topological polar surface area (TPSA) is 104 Å². The van der Waals surface area contributed by atoms with Crippen molar-refractivity contribution in [3.05, 3.63) is 33.9 Å². The monoisotopic (exact) mass is 361 g/mol. The molecule has 1 aromatic carbocycles. The van der Waals surface area contributed by atoms with Crippen LogP contribution in [-0.4, -0.2) is 52.5 Å². The summed E-state index contributed by atoms with van der Waals surface area (Å²) in [6.07, 6.45) is 2.99. The van der Waals surface area contributed by atoms with E-state index in [-0.39, 0.29) is 11.3 Å². The summed E-state index contributed by atoms with van der Waals surface area (Å²) < 4.78 is 0. The summed E-state index contributed by atoms with van der Waals surface area (Å²) >= 11 is 0. The highest BCUT2D eigenvalue weighted by molar-refractivity contribution is 5.98. The first-order chi connectivity index (χ1) is 12.4. The number of piperidine rings is 1. The number of carboxylic acids is 1. The Kier molecular flexibility index (Phi) is 5.11. The van der Waals surface area contributed by atoms with Crippen molar-refractivity contribution in [1.82, 2.24) is 4.90 Å². The van der Waals surface area contributed by atoms with Gasteiger partial charge in [0.05, 0.1) is 4.92 Å². The normalized spacial score (nSPS) is 21.0. The number of amides is 1. The molecule has 0 aliphatic carbocycles. The summed E-state index contributed by atoms with van der Waals surface area (Å²) in [4.78, 5) is 38.4. The standard InChI is InChI=1S/C18H23N3O5/c1-12-6-9-19(10-7-12)14-5-4-13(11-16(14)21(25)26)17(22)20-8-2-3-15(20)18(23)24/h4-5,11-12,15H,2-3,6-10H2,1H3,(H,23,24). The molecule has 1 aromatic rings. The van der Waals surface area contributed by atoms with Crippen LogP contribution in [0.15, 0.2) is 18.2 Å². The Balaban J connectivity index is 1.87. The smallest absolute Gasteiger partial charge is 0.326 e. The first-order valence-electron chi connectivity index (χ1n) is 8.95. The molecule has 26 heavy (non-hydrogen) atoms. The Labute approximate surface area is 151 Å². The second-order valence-corrected chi connectivity index (χ2v) is 7.12. The first kappa shape index (κ1) is 18.2. The van der Waals surface area contributed by atoms with Gasteiger partial charge in [-0.2, -0.15) is 0 Å². The van der Waals surface area contributed by atoms with Crippen LogP contribution in [0, 0.1) is 16.0 Å². The second-order valence-electron chi connectivity index (χ2n) is 7.12. The molecule has 0 bridgehead atoms. The molecule has 2 heterocycles. The maximum absolute atomic E-state index is 12.7. The highest BCUT2D eigenvalue weighted by atomic mass is 16.6. The van der Waals surface area contributed by atoms with E-state index in [9.17, 15) is 24.8 Å². The lowest BCUT2D eigenvalue weighted by Gasteiger charge is -2.31. The first-order valence-corrected chi connectivity index (χ1v) is 8.95. The Morgan fingerprint density at radius 3 is 2.50 bits per heavy atom. The molecule has 1 amide bonds. The van der Waals surface area contributed by atoms with Crippen molar-refractivity contribution in [3.8, 4) is 0 Å². The Hall–Kier alpha value is -2.64. The quantitative estimate of drug-likeness (QED) is 0.653. The lowest BCUT2D eigenvalue weighted by Crippen LogP contribution is -2.40. The number of hydrogen-bond acceptors (Lipinski definition) is 5. The Morgan fingerprint density at radius 1 is 1.19 bits per heavy atom. The zero-order valence-corrected chi connectivity index (χ0v) is 14.8. The van der Waals surface area contributed by atoms with E-state index in [0.717, 1.165) is 25.9 Å². The number of benzene rings is 1. The fourth-order valence-electron chi connectivity index (χ4n) is 3.75. The molecule has 8 nitrogen and oxygen atoms in total. The zero-order chi connectivity index (χ0) is 18.8. The number of anilines is 1. The summed E-state index contributed by atoms with van der Waals surface area (Å²) in [5.74, 6) is -0.893.